The van der Waals surface area contributed by atoms with Crippen molar-refractivity contribution in [1.29, 1.82) is 0 Å². The lowest BCUT2D eigenvalue weighted by Crippen LogP contribution is -2.50. The van der Waals surface area contributed by atoms with E-state index in [2.05, 4.69) is 4.99 Å². The third-order valence-corrected chi connectivity index (χ3v) is 8.13. The Hall–Kier alpha value is -2.06. The zero-order valence-corrected chi connectivity index (χ0v) is 17.3. The number of fused-ring (bicyclic) bond motifs is 1. The number of methoxy groups -OCH3 is 1. The van der Waals surface area contributed by atoms with Crippen LogP contribution in [0.3, 0.4) is 0 Å². The van der Waals surface area contributed by atoms with Crippen molar-refractivity contribution in [3.63, 3.8) is 0 Å². The van der Waals surface area contributed by atoms with Crippen molar-refractivity contribution in [1.82, 2.24) is 4.57 Å². The molecule has 0 radical (unpaired) electrons. The van der Waals surface area contributed by atoms with Crippen molar-refractivity contribution in [3.05, 3.63) is 33.1 Å². The van der Waals surface area contributed by atoms with Crippen molar-refractivity contribution in [2.75, 3.05) is 13.7 Å². The van der Waals surface area contributed by atoms with E-state index in [1.54, 1.807) is 19.2 Å². The summed E-state index contributed by atoms with van der Waals surface area (Å²) in [6, 6.07) is 4.81. The number of thiazole rings is 1. The maximum Gasteiger partial charge on any atom is 0.270 e. The van der Waals surface area contributed by atoms with Gasteiger partial charge in [-0.25, -0.2) is 0 Å². The number of rotatable bonds is 5. The Labute approximate surface area is 172 Å². The lowest BCUT2D eigenvalue weighted by Gasteiger charge is -2.55. The molecule has 4 aliphatic rings. The molecule has 0 unspecified atom stereocenters. The predicted molar refractivity (Wildman–Crippen MR) is 110 cm³/mol. The lowest BCUT2D eigenvalue weighted by molar-refractivity contribution is -0.384. The van der Waals surface area contributed by atoms with E-state index in [0.717, 1.165) is 29.5 Å². The fourth-order valence-electron chi connectivity index (χ4n) is 6.24. The minimum atomic E-state index is -0.393. The van der Waals surface area contributed by atoms with Gasteiger partial charge in [0.2, 0.25) is 0 Å². The number of carbonyl (C=O) groups is 1. The third-order valence-electron chi connectivity index (χ3n) is 7.09. The second-order valence-electron chi connectivity index (χ2n) is 9.05. The first kappa shape index (κ1) is 18.9. The van der Waals surface area contributed by atoms with Gasteiger partial charge in [-0.05, 0) is 62.3 Å². The minimum absolute atomic E-state index is 0.0174. The van der Waals surface area contributed by atoms with Crippen LogP contribution in [0, 0.1) is 33.3 Å². The van der Waals surface area contributed by atoms with E-state index < -0.39 is 4.92 Å². The van der Waals surface area contributed by atoms with E-state index in [1.165, 1.54) is 36.7 Å². The van der Waals surface area contributed by atoms with Crippen LogP contribution >= 0.6 is 11.3 Å². The maximum absolute atomic E-state index is 13.4. The van der Waals surface area contributed by atoms with Gasteiger partial charge in [-0.15, -0.1) is 0 Å². The van der Waals surface area contributed by atoms with Crippen LogP contribution in [0.25, 0.3) is 10.2 Å². The van der Waals surface area contributed by atoms with E-state index >= 15 is 0 Å². The van der Waals surface area contributed by atoms with Gasteiger partial charge in [-0.1, -0.05) is 11.3 Å². The molecule has 0 aliphatic heterocycles. The molecule has 4 fully saturated rings. The summed E-state index contributed by atoms with van der Waals surface area (Å²) in [5.74, 6) is 2.08. The van der Waals surface area contributed by atoms with Crippen molar-refractivity contribution in [2.45, 2.75) is 45.1 Å². The number of nitrogens with zero attached hydrogens (tertiary/aromatic N) is 3. The molecule has 1 aromatic heterocycles. The molecule has 4 saturated carbocycles. The quantitative estimate of drug-likeness (QED) is 0.547. The molecule has 4 bridgehead atoms. The molecule has 0 N–H and O–H groups in total. The number of benzene rings is 1. The van der Waals surface area contributed by atoms with Crippen LogP contribution < -0.4 is 4.80 Å². The zero-order valence-electron chi connectivity index (χ0n) is 16.5. The van der Waals surface area contributed by atoms with Gasteiger partial charge in [0.05, 0.1) is 27.2 Å². The van der Waals surface area contributed by atoms with E-state index in [0.29, 0.717) is 35.7 Å². The highest BCUT2D eigenvalue weighted by Crippen LogP contribution is 2.60. The van der Waals surface area contributed by atoms with Crippen LogP contribution in [-0.4, -0.2) is 29.1 Å². The Morgan fingerprint density at radius 1 is 1.28 bits per heavy atom. The zero-order chi connectivity index (χ0) is 20.2. The topological polar surface area (TPSA) is 86.7 Å². The van der Waals surface area contributed by atoms with Gasteiger partial charge in [0.1, 0.15) is 0 Å². The summed E-state index contributed by atoms with van der Waals surface area (Å²) < 4.78 is 7.97. The van der Waals surface area contributed by atoms with E-state index in [1.807, 2.05) is 4.57 Å². The third kappa shape index (κ3) is 3.22. The van der Waals surface area contributed by atoms with Crippen LogP contribution in [0.5, 0.6) is 0 Å². The van der Waals surface area contributed by atoms with Crippen molar-refractivity contribution in [3.8, 4) is 0 Å². The standard InChI is InChI=1S/C21H25N3O4S/c1-28-5-4-23-17-3-2-16(24(26)27)9-18(17)29-20(23)22-19(25)21-10-13-6-14(11-21)8-15(7-13)12-21/h2-3,9,13-15H,4-8,10-12H2,1H3. The average molecular weight is 416 g/mol. The normalized spacial score (nSPS) is 30.9. The number of aromatic nitrogens is 1. The molecule has 4 aliphatic carbocycles. The monoisotopic (exact) mass is 415 g/mol. The number of hydrogen-bond acceptors (Lipinski definition) is 5. The van der Waals surface area contributed by atoms with Crippen LogP contribution in [0.4, 0.5) is 5.69 Å². The maximum atomic E-state index is 13.4. The molecule has 154 valence electrons. The van der Waals surface area contributed by atoms with Gasteiger partial charge in [0.25, 0.3) is 11.6 Å². The summed E-state index contributed by atoms with van der Waals surface area (Å²) in [5.41, 5.74) is 0.627. The van der Waals surface area contributed by atoms with Gasteiger partial charge < -0.3 is 9.30 Å². The molecule has 0 spiro atoms. The lowest BCUT2D eigenvalue weighted by atomic mass is 9.49. The van der Waals surface area contributed by atoms with Gasteiger partial charge >= 0.3 is 0 Å². The van der Waals surface area contributed by atoms with Crippen LogP contribution in [-0.2, 0) is 16.1 Å². The molecule has 6 rings (SSSR count). The van der Waals surface area contributed by atoms with Gasteiger partial charge in [-0.2, -0.15) is 4.99 Å². The van der Waals surface area contributed by atoms with Crippen molar-refractivity contribution < 1.29 is 14.5 Å². The Morgan fingerprint density at radius 2 is 1.93 bits per heavy atom. The van der Waals surface area contributed by atoms with E-state index in [9.17, 15) is 14.9 Å². The number of non-ortho nitro benzene ring substituents is 1. The summed E-state index contributed by atoms with van der Waals surface area (Å²) in [7, 11) is 1.64. The second-order valence-corrected chi connectivity index (χ2v) is 10.1. The highest BCUT2D eigenvalue weighted by atomic mass is 32.1. The predicted octanol–water partition coefficient (Wildman–Crippen LogP) is 3.90. The van der Waals surface area contributed by atoms with Crippen LogP contribution in [0.1, 0.15) is 38.5 Å². The van der Waals surface area contributed by atoms with Crippen molar-refractivity contribution in [2.24, 2.45) is 28.2 Å². The van der Waals surface area contributed by atoms with Gasteiger partial charge in [0, 0.05) is 25.8 Å². The summed E-state index contributed by atoms with van der Waals surface area (Å²) in [4.78, 5) is 29.4. The molecule has 0 saturated heterocycles. The number of hydrogen-bond donors (Lipinski definition) is 0. The molecule has 7 nitrogen and oxygen atoms in total. The smallest absolute Gasteiger partial charge is 0.270 e. The van der Waals surface area contributed by atoms with Crippen molar-refractivity contribution >= 4 is 33.1 Å². The summed E-state index contributed by atoms with van der Waals surface area (Å²) in [6.45, 7) is 1.04. The SMILES string of the molecule is COCCn1c(=NC(=O)C23CC4CC(CC(C4)C2)C3)sc2cc([N+](=O)[O-])ccc21. The highest BCUT2D eigenvalue weighted by Gasteiger charge is 2.54. The van der Waals surface area contributed by atoms with E-state index in [4.69, 9.17) is 4.74 Å². The molecular formula is C21H25N3O4S. The fraction of sp³-hybridized carbons (Fsp3) is 0.619. The summed E-state index contributed by atoms with van der Waals surface area (Å²) in [5, 5.41) is 11.2. The minimum Gasteiger partial charge on any atom is -0.383 e. The van der Waals surface area contributed by atoms with Gasteiger partial charge in [0.15, 0.2) is 4.80 Å². The Morgan fingerprint density at radius 3 is 2.52 bits per heavy atom. The highest BCUT2D eigenvalue weighted by molar-refractivity contribution is 7.16. The number of carbonyl (C=O) groups excluding carboxylic acids is 1. The largest absolute Gasteiger partial charge is 0.383 e. The number of ether oxygens (including phenoxy) is 1. The average Bonchev–Trinajstić information content (AvgIpc) is 3.01. The molecule has 8 heteroatoms. The molecule has 1 heterocycles. The van der Waals surface area contributed by atoms with Crippen LogP contribution in [0.15, 0.2) is 23.2 Å². The number of amides is 1. The molecule has 1 amide bonds. The first-order chi connectivity index (χ1) is 14.0. The van der Waals surface area contributed by atoms with Crippen LogP contribution in [0.2, 0.25) is 0 Å². The molecular weight excluding hydrogens is 390 g/mol. The van der Waals surface area contributed by atoms with E-state index in [-0.39, 0.29) is 17.0 Å². The summed E-state index contributed by atoms with van der Waals surface area (Å²) in [6.07, 6.45) is 6.80. The second kappa shape index (κ2) is 7.02. The Kier molecular flexibility index (Phi) is 4.58. The number of nitro groups is 1. The number of nitro benzene ring substituents is 1. The molecule has 2 aromatic rings. The molecule has 29 heavy (non-hydrogen) atoms. The molecule has 1 aromatic carbocycles. The first-order valence-electron chi connectivity index (χ1n) is 10.3. The Bertz CT molecular complexity index is 1020. The van der Waals surface area contributed by atoms with Gasteiger partial charge in [-0.3, -0.25) is 14.9 Å². The Balaban J connectivity index is 1.56. The molecule has 0 atom stereocenters. The summed E-state index contributed by atoms with van der Waals surface area (Å²) >= 11 is 1.35. The fourth-order valence-corrected chi connectivity index (χ4v) is 7.33. The first-order valence-corrected chi connectivity index (χ1v) is 11.1.